The first-order valence-electron chi connectivity index (χ1n) is 5.49. The van der Waals surface area contributed by atoms with Crippen LogP contribution in [0.3, 0.4) is 0 Å². The first-order valence-corrected chi connectivity index (χ1v) is 7.35. The number of aromatic nitrogens is 2. The third-order valence-corrected chi connectivity index (χ3v) is 4.48. The average Bonchev–Trinajstić information content (AvgIpc) is 2.38. The topological polar surface area (TPSA) is 72.0 Å². The summed E-state index contributed by atoms with van der Waals surface area (Å²) in [5.74, 6) is 0. The van der Waals surface area contributed by atoms with E-state index in [4.69, 9.17) is 11.6 Å². The Labute approximate surface area is 116 Å². The molecule has 0 saturated heterocycles. The van der Waals surface area contributed by atoms with Gasteiger partial charge < -0.3 is 0 Å². The molecule has 0 aliphatic rings. The molecule has 0 spiro atoms. The van der Waals surface area contributed by atoms with Gasteiger partial charge in [-0.25, -0.2) is 13.1 Å². The second kappa shape index (κ2) is 5.64. The van der Waals surface area contributed by atoms with Crippen LogP contribution in [-0.4, -0.2) is 18.4 Å². The van der Waals surface area contributed by atoms with E-state index >= 15 is 0 Å². The second-order valence-corrected chi connectivity index (χ2v) is 6.08. The van der Waals surface area contributed by atoms with E-state index in [9.17, 15) is 8.42 Å². The van der Waals surface area contributed by atoms with E-state index < -0.39 is 10.0 Å². The second-order valence-electron chi connectivity index (χ2n) is 3.93. The summed E-state index contributed by atoms with van der Waals surface area (Å²) in [5, 5.41) is 0.147. The largest absolute Gasteiger partial charge is 0.264 e. The maximum Gasteiger partial charge on any atom is 0.243 e. The van der Waals surface area contributed by atoms with Gasteiger partial charge in [0.1, 0.15) is 4.90 Å². The highest BCUT2D eigenvalue weighted by Gasteiger charge is 2.17. The number of rotatable bonds is 4. The van der Waals surface area contributed by atoms with Gasteiger partial charge in [-0.2, -0.15) is 0 Å². The van der Waals surface area contributed by atoms with Crippen molar-refractivity contribution in [1.82, 2.24) is 14.7 Å². The SMILES string of the molecule is Cc1cnccc1CNS(=O)(=O)c1cnccc1Cl. The number of nitrogens with one attached hydrogen (secondary N) is 1. The molecule has 100 valence electrons. The molecule has 0 aromatic carbocycles. The molecule has 5 nitrogen and oxygen atoms in total. The number of sulfonamides is 1. The fourth-order valence-corrected chi connectivity index (χ4v) is 2.95. The first kappa shape index (κ1) is 13.9. The van der Waals surface area contributed by atoms with Gasteiger partial charge in [0.25, 0.3) is 0 Å². The first-order chi connectivity index (χ1) is 9.00. The van der Waals surface area contributed by atoms with Gasteiger partial charge in [0.2, 0.25) is 10.0 Å². The fraction of sp³-hybridized carbons (Fsp3) is 0.167. The Morgan fingerprint density at radius 3 is 2.58 bits per heavy atom. The van der Waals surface area contributed by atoms with Crippen LogP contribution in [0.25, 0.3) is 0 Å². The molecule has 19 heavy (non-hydrogen) atoms. The maximum absolute atomic E-state index is 12.1. The summed E-state index contributed by atoms with van der Waals surface area (Å²) in [7, 11) is -3.67. The monoisotopic (exact) mass is 297 g/mol. The molecule has 0 amide bonds. The van der Waals surface area contributed by atoms with Crippen LogP contribution in [0.5, 0.6) is 0 Å². The van der Waals surface area contributed by atoms with E-state index in [1.807, 2.05) is 6.92 Å². The van der Waals surface area contributed by atoms with Crippen molar-refractivity contribution in [2.45, 2.75) is 18.4 Å². The van der Waals surface area contributed by atoms with E-state index in [2.05, 4.69) is 14.7 Å². The Bertz CT molecular complexity index is 689. The Kier molecular flexibility index (Phi) is 4.14. The van der Waals surface area contributed by atoms with E-state index in [1.165, 1.54) is 18.5 Å². The molecule has 0 fully saturated rings. The number of nitrogens with zero attached hydrogens (tertiary/aromatic N) is 2. The Morgan fingerprint density at radius 1 is 1.21 bits per heavy atom. The normalized spacial score (nSPS) is 11.5. The van der Waals surface area contributed by atoms with E-state index in [-0.39, 0.29) is 16.5 Å². The predicted molar refractivity (Wildman–Crippen MR) is 72.2 cm³/mol. The van der Waals surface area contributed by atoms with Gasteiger partial charge in [0.05, 0.1) is 5.02 Å². The lowest BCUT2D eigenvalue weighted by Crippen LogP contribution is -2.24. The molecule has 2 aromatic rings. The average molecular weight is 298 g/mol. The molecule has 0 aliphatic heterocycles. The lowest BCUT2D eigenvalue weighted by molar-refractivity contribution is 0.581. The van der Waals surface area contributed by atoms with Crippen LogP contribution in [0.15, 0.2) is 41.8 Å². The molecular formula is C12H12ClN3O2S. The Balaban J connectivity index is 2.20. The van der Waals surface area contributed by atoms with Crippen molar-refractivity contribution in [3.63, 3.8) is 0 Å². The molecule has 1 N–H and O–H groups in total. The summed E-state index contributed by atoms with van der Waals surface area (Å²) < 4.78 is 26.7. The van der Waals surface area contributed by atoms with Crippen molar-refractivity contribution < 1.29 is 8.42 Å². The van der Waals surface area contributed by atoms with Gasteiger partial charge in [-0.05, 0) is 30.2 Å². The minimum Gasteiger partial charge on any atom is -0.264 e. The molecule has 0 bridgehead atoms. The van der Waals surface area contributed by atoms with Crippen molar-refractivity contribution in [3.05, 3.63) is 53.1 Å². The Hall–Kier alpha value is -1.50. The number of halogens is 1. The molecule has 0 aliphatic carbocycles. The molecule has 0 atom stereocenters. The molecular weight excluding hydrogens is 286 g/mol. The number of aryl methyl sites for hydroxylation is 1. The lowest BCUT2D eigenvalue weighted by atomic mass is 10.2. The fourth-order valence-electron chi connectivity index (χ4n) is 1.51. The van der Waals surface area contributed by atoms with Crippen molar-refractivity contribution >= 4 is 21.6 Å². The highest BCUT2D eigenvalue weighted by molar-refractivity contribution is 7.89. The van der Waals surface area contributed by atoms with Crippen molar-refractivity contribution in [1.29, 1.82) is 0 Å². The smallest absolute Gasteiger partial charge is 0.243 e. The number of hydrogen-bond donors (Lipinski definition) is 1. The highest BCUT2D eigenvalue weighted by Crippen LogP contribution is 2.19. The van der Waals surface area contributed by atoms with Gasteiger partial charge in [0, 0.05) is 31.3 Å². The van der Waals surface area contributed by atoms with Gasteiger partial charge >= 0.3 is 0 Å². The number of pyridine rings is 2. The minimum atomic E-state index is -3.67. The van der Waals surface area contributed by atoms with E-state index in [1.54, 1.807) is 18.5 Å². The van der Waals surface area contributed by atoms with Crippen LogP contribution < -0.4 is 4.72 Å². The zero-order chi connectivity index (χ0) is 13.9. The van der Waals surface area contributed by atoms with Crippen molar-refractivity contribution in [3.8, 4) is 0 Å². The Morgan fingerprint density at radius 2 is 1.89 bits per heavy atom. The molecule has 2 heterocycles. The van der Waals surface area contributed by atoms with Crippen LogP contribution in [-0.2, 0) is 16.6 Å². The molecule has 0 unspecified atom stereocenters. The van der Waals surface area contributed by atoms with Crippen molar-refractivity contribution in [2.75, 3.05) is 0 Å². The van der Waals surface area contributed by atoms with E-state index in [0.29, 0.717) is 0 Å². The van der Waals surface area contributed by atoms with E-state index in [0.717, 1.165) is 11.1 Å². The third-order valence-electron chi connectivity index (χ3n) is 2.61. The summed E-state index contributed by atoms with van der Waals surface area (Å²) in [4.78, 5) is 7.70. The summed E-state index contributed by atoms with van der Waals surface area (Å²) in [6, 6.07) is 3.20. The molecule has 0 saturated carbocycles. The summed E-state index contributed by atoms with van der Waals surface area (Å²) in [6.07, 6.45) is 5.97. The summed E-state index contributed by atoms with van der Waals surface area (Å²) in [6.45, 7) is 2.05. The van der Waals surface area contributed by atoms with Gasteiger partial charge in [0.15, 0.2) is 0 Å². The lowest BCUT2D eigenvalue weighted by Gasteiger charge is -2.09. The molecule has 2 aromatic heterocycles. The molecule has 7 heteroatoms. The maximum atomic E-state index is 12.1. The van der Waals surface area contributed by atoms with Gasteiger partial charge in [-0.1, -0.05) is 11.6 Å². The quantitative estimate of drug-likeness (QED) is 0.936. The van der Waals surface area contributed by atoms with Gasteiger partial charge in [-0.3, -0.25) is 9.97 Å². The standard InChI is InChI=1S/C12H12ClN3O2S/c1-9-6-14-4-2-10(9)7-16-19(17,18)12-8-15-5-3-11(12)13/h2-6,8,16H,7H2,1H3. The molecule has 2 rings (SSSR count). The highest BCUT2D eigenvalue weighted by atomic mass is 35.5. The zero-order valence-corrected chi connectivity index (χ0v) is 11.7. The van der Waals surface area contributed by atoms with Crippen molar-refractivity contribution in [2.24, 2.45) is 0 Å². The van der Waals surface area contributed by atoms with Crippen LogP contribution in [0, 0.1) is 6.92 Å². The number of hydrogen-bond acceptors (Lipinski definition) is 4. The van der Waals surface area contributed by atoms with Crippen LogP contribution >= 0.6 is 11.6 Å². The van der Waals surface area contributed by atoms with Gasteiger partial charge in [-0.15, -0.1) is 0 Å². The van der Waals surface area contributed by atoms with Crippen LogP contribution in [0.4, 0.5) is 0 Å². The summed E-state index contributed by atoms with van der Waals surface area (Å²) in [5.41, 5.74) is 1.78. The summed E-state index contributed by atoms with van der Waals surface area (Å²) >= 11 is 5.85. The third kappa shape index (κ3) is 3.28. The van der Waals surface area contributed by atoms with Crippen LogP contribution in [0.1, 0.15) is 11.1 Å². The zero-order valence-electron chi connectivity index (χ0n) is 10.2. The van der Waals surface area contributed by atoms with Crippen LogP contribution in [0.2, 0.25) is 5.02 Å². The molecule has 0 radical (unpaired) electrons. The predicted octanol–water partition coefficient (Wildman–Crippen LogP) is 1.92. The minimum absolute atomic E-state index is 0.0247.